The third-order valence-corrected chi connectivity index (χ3v) is 6.27. The highest BCUT2D eigenvalue weighted by Crippen LogP contribution is 2.31. The van der Waals surface area contributed by atoms with Crippen LogP contribution in [-0.2, 0) is 15.9 Å². The van der Waals surface area contributed by atoms with Crippen LogP contribution in [0.25, 0.3) is 0 Å². The maximum atomic E-state index is 12.7. The van der Waals surface area contributed by atoms with Crippen LogP contribution in [0.4, 0.5) is 0 Å². The number of halogens is 2. The highest BCUT2D eigenvalue weighted by atomic mass is 79.9. The summed E-state index contributed by atoms with van der Waals surface area (Å²) in [5.74, 6) is 0.291. The quantitative estimate of drug-likeness (QED) is 0.733. The zero-order valence-corrected chi connectivity index (χ0v) is 15.7. The van der Waals surface area contributed by atoms with E-state index in [9.17, 15) is 8.42 Å². The van der Waals surface area contributed by atoms with Crippen LogP contribution in [0.15, 0.2) is 21.5 Å². The maximum absolute atomic E-state index is 12.7. The molecule has 0 bridgehead atoms. The summed E-state index contributed by atoms with van der Waals surface area (Å²) in [5.41, 5.74) is 1.56. The van der Waals surface area contributed by atoms with E-state index in [1.54, 1.807) is 13.1 Å². The van der Waals surface area contributed by atoms with Crippen molar-refractivity contribution in [2.45, 2.75) is 38.5 Å². The van der Waals surface area contributed by atoms with Crippen molar-refractivity contribution >= 4 is 37.6 Å². The molecule has 0 saturated carbocycles. The smallest absolute Gasteiger partial charge is 0.207 e. The molecule has 0 unspecified atom stereocenters. The predicted molar refractivity (Wildman–Crippen MR) is 87.7 cm³/mol. The second-order valence-electron chi connectivity index (χ2n) is 6.18. The fourth-order valence-corrected chi connectivity index (χ4v) is 4.57. The van der Waals surface area contributed by atoms with E-state index in [4.69, 9.17) is 11.6 Å². The van der Waals surface area contributed by atoms with E-state index in [1.807, 2.05) is 33.8 Å². The lowest BCUT2D eigenvalue weighted by molar-refractivity contribution is 0.310. The Morgan fingerprint density at radius 1 is 1.30 bits per heavy atom. The largest absolute Gasteiger partial charge is 0.243 e. The summed E-state index contributed by atoms with van der Waals surface area (Å²) >= 11 is 9.21. The molecule has 0 heterocycles. The number of hydrogen-bond donors (Lipinski definition) is 0. The number of aryl methyl sites for hydroxylation is 1. The molecule has 0 aliphatic rings. The highest BCUT2D eigenvalue weighted by molar-refractivity contribution is 9.10. The molecule has 20 heavy (non-hydrogen) atoms. The first-order valence-electron chi connectivity index (χ1n) is 6.30. The van der Waals surface area contributed by atoms with Crippen LogP contribution in [0.1, 0.15) is 31.9 Å². The molecule has 114 valence electrons. The Hall–Kier alpha value is -0.100. The number of nitrogens with zero attached hydrogens (tertiary/aromatic N) is 1. The van der Waals surface area contributed by atoms with Gasteiger partial charge in [0.05, 0.1) is 4.90 Å². The molecular weight excluding hydrogens is 362 g/mol. The minimum Gasteiger partial charge on any atom is -0.207 e. The van der Waals surface area contributed by atoms with Crippen molar-refractivity contribution in [2.24, 2.45) is 5.41 Å². The monoisotopic (exact) mass is 381 g/mol. The summed E-state index contributed by atoms with van der Waals surface area (Å²) in [6, 6.07) is 3.53. The van der Waals surface area contributed by atoms with Crippen LogP contribution in [0.2, 0.25) is 0 Å². The molecular formula is C14H21BrClNO2S. The molecule has 0 aromatic heterocycles. The van der Waals surface area contributed by atoms with Gasteiger partial charge < -0.3 is 0 Å². The maximum Gasteiger partial charge on any atom is 0.243 e. The van der Waals surface area contributed by atoms with E-state index in [0.717, 1.165) is 11.1 Å². The molecule has 3 nitrogen and oxygen atoms in total. The van der Waals surface area contributed by atoms with E-state index in [1.165, 1.54) is 4.31 Å². The lowest BCUT2D eigenvalue weighted by Gasteiger charge is -2.26. The van der Waals surface area contributed by atoms with Gasteiger partial charge in [-0.3, -0.25) is 0 Å². The lowest BCUT2D eigenvalue weighted by atomic mass is 9.97. The normalized spacial score (nSPS) is 13.0. The van der Waals surface area contributed by atoms with Gasteiger partial charge in [0.25, 0.3) is 0 Å². The van der Waals surface area contributed by atoms with Gasteiger partial charge in [-0.1, -0.05) is 26.8 Å². The van der Waals surface area contributed by atoms with Gasteiger partial charge in [0.15, 0.2) is 0 Å². The van der Waals surface area contributed by atoms with Gasteiger partial charge in [0.2, 0.25) is 10.0 Å². The molecule has 0 saturated heterocycles. The van der Waals surface area contributed by atoms with E-state index < -0.39 is 10.0 Å². The average Bonchev–Trinajstić information content (AvgIpc) is 2.29. The topological polar surface area (TPSA) is 37.4 Å². The lowest BCUT2D eigenvalue weighted by Crippen LogP contribution is -2.34. The minimum atomic E-state index is -3.53. The molecule has 0 atom stereocenters. The van der Waals surface area contributed by atoms with Gasteiger partial charge in [-0.2, -0.15) is 0 Å². The number of benzene rings is 1. The van der Waals surface area contributed by atoms with Crippen molar-refractivity contribution in [3.8, 4) is 0 Å². The Bertz CT molecular complexity index is 594. The van der Waals surface area contributed by atoms with E-state index in [2.05, 4.69) is 15.9 Å². The molecule has 0 spiro atoms. The Labute approximate surface area is 135 Å². The van der Waals surface area contributed by atoms with E-state index in [-0.39, 0.29) is 10.3 Å². The van der Waals surface area contributed by atoms with Gasteiger partial charge >= 0.3 is 0 Å². The zero-order valence-electron chi connectivity index (χ0n) is 12.5. The van der Waals surface area contributed by atoms with E-state index >= 15 is 0 Å². The van der Waals surface area contributed by atoms with Crippen LogP contribution in [0.3, 0.4) is 0 Å². The van der Waals surface area contributed by atoms with Gasteiger partial charge in [-0.25, -0.2) is 12.7 Å². The Morgan fingerprint density at radius 2 is 1.85 bits per heavy atom. The van der Waals surface area contributed by atoms with Gasteiger partial charge in [0.1, 0.15) is 0 Å². The fourth-order valence-electron chi connectivity index (χ4n) is 1.99. The first-order valence-corrected chi connectivity index (χ1v) is 9.07. The van der Waals surface area contributed by atoms with Crippen LogP contribution in [0.5, 0.6) is 0 Å². The van der Waals surface area contributed by atoms with Gasteiger partial charge in [-0.05, 0) is 45.5 Å². The molecule has 1 aromatic rings. The third kappa shape index (κ3) is 4.20. The molecule has 0 amide bonds. The summed E-state index contributed by atoms with van der Waals surface area (Å²) < 4.78 is 27.4. The van der Waals surface area contributed by atoms with Crippen LogP contribution < -0.4 is 0 Å². The van der Waals surface area contributed by atoms with Crippen molar-refractivity contribution in [3.05, 3.63) is 27.7 Å². The molecule has 0 fully saturated rings. The first-order chi connectivity index (χ1) is 8.99. The van der Waals surface area contributed by atoms with Gasteiger partial charge in [-0.15, -0.1) is 11.6 Å². The predicted octanol–water partition coefficient (Wildman–Crippen LogP) is 4.16. The number of alkyl halides is 1. The molecule has 0 aliphatic heterocycles. The van der Waals surface area contributed by atoms with Crippen molar-refractivity contribution in [1.29, 1.82) is 0 Å². The Balaban J connectivity index is 3.32. The van der Waals surface area contributed by atoms with Crippen molar-refractivity contribution in [1.82, 2.24) is 4.31 Å². The van der Waals surface area contributed by atoms with Crippen molar-refractivity contribution in [2.75, 3.05) is 13.6 Å². The van der Waals surface area contributed by atoms with E-state index in [0.29, 0.717) is 16.9 Å². The summed E-state index contributed by atoms with van der Waals surface area (Å²) in [7, 11) is -1.92. The molecule has 1 aromatic carbocycles. The zero-order chi connectivity index (χ0) is 15.7. The van der Waals surface area contributed by atoms with Crippen LogP contribution in [0, 0.1) is 12.3 Å². The van der Waals surface area contributed by atoms with Crippen LogP contribution in [-0.4, -0.2) is 26.3 Å². The minimum absolute atomic E-state index is 0.104. The third-order valence-electron chi connectivity index (χ3n) is 2.82. The van der Waals surface area contributed by atoms with Crippen molar-refractivity contribution < 1.29 is 8.42 Å². The second-order valence-corrected chi connectivity index (χ2v) is 9.25. The molecule has 6 heteroatoms. The molecule has 0 aliphatic carbocycles. The summed E-state index contributed by atoms with van der Waals surface area (Å²) in [6.07, 6.45) is 0. The fraction of sp³-hybridized carbons (Fsp3) is 0.571. The number of rotatable bonds is 4. The van der Waals surface area contributed by atoms with Gasteiger partial charge in [0, 0.05) is 23.9 Å². The number of sulfonamides is 1. The average molecular weight is 383 g/mol. The molecule has 0 N–H and O–H groups in total. The molecule has 0 radical (unpaired) electrons. The summed E-state index contributed by atoms with van der Waals surface area (Å²) in [4.78, 5) is 0.278. The summed E-state index contributed by atoms with van der Waals surface area (Å²) in [5, 5.41) is 0. The second kappa shape index (κ2) is 6.34. The Morgan fingerprint density at radius 3 is 2.30 bits per heavy atom. The standard InChI is InChI=1S/C14H21BrClNO2S/c1-10-6-11(8-16)7-12(13(10)15)20(18,19)17(5)9-14(2,3)4/h6-7H,8-9H2,1-5H3. The first kappa shape index (κ1) is 18.0. The molecule has 1 rings (SSSR count). The van der Waals surface area contributed by atoms with Crippen molar-refractivity contribution in [3.63, 3.8) is 0 Å². The highest BCUT2D eigenvalue weighted by Gasteiger charge is 2.28. The SMILES string of the molecule is Cc1cc(CCl)cc(S(=O)(=O)N(C)CC(C)(C)C)c1Br. The number of hydrogen-bond acceptors (Lipinski definition) is 2. The van der Waals surface area contributed by atoms with Crippen LogP contribution >= 0.6 is 27.5 Å². The summed E-state index contributed by atoms with van der Waals surface area (Å²) in [6.45, 7) is 8.34. The Kier molecular flexibility index (Phi) is 5.69.